The Morgan fingerprint density at radius 2 is 2.36 bits per heavy atom. The predicted molar refractivity (Wildman–Crippen MR) is 59.6 cm³/mol. The molecule has 1 fully saturated rings. The van der Waals surface area contributed by atoms with Crippen LogP contribution in [0, 0.1) is 6.92 Å². The van der Waals surface area contributed by atoms with E-state index in [1.54, 1.807) is 11.3 Å². The molecule has 0 amide bonds. The van der Waals surface area contributed by atoms with Crippen molar-refractivity contribution in [1.29, 1.82) is 0 Å². The average Bonchev–Trinajstić information content (AvgIpc) is 2.63. The summed E-state index contributed by atoms with van der Waals surface area (Å²) in [5, 5.41) is 10.2. The van der Waals surface area contributed by atoms with Crippen LogP contribution in [0.1, 0.15) is 23.5 Å². The van der Waals surface area contributed by atoms with Crippen LogP contribution in [0.5, 0.6) is 0 Å². The summed E-state index contributed by atoms with van der Waals surface area (Å²) in [5.41, 5.74) is 1.19. The number of aromatic nitrogens is 1. The number of aryl methyl sites for hydroxylation is 1. The first-order chi connectivity index (χ1) is 6.84. The lowest BCUT2D eigenvalue weighted by atomic mass is 10.1. The van der Waals surface area contributed by atoms with Gasteiger partial charge in [-0.1, -0.05) is 0 Å². The van der Waals surface area contributed by atoms with E-state index in [0.29, 0.717) is 6.04 Å². The Labute approximate surface area is 88.9 Å². The van der Waals surface area contributed by atoms with Gasteiger partial charge in [-0.25, -0.2) is 4.98 Å². The normalized spacial score (nSPS) is 18.6. The van der Waals surface area contributed by atoms with Gasteiger partial charge in [0, 0.05) is 18.0 Å². The summed E-state index contributed by atoms with van der Waals surface area (Å²) >= 11 is 1.73. The van der Waals surface area contributed by atoms with Gasteiger partial charge in [0.2, 0.25) is 0 Å². The molecule has 0 aliphatic carbocycles. The fourth-order valence-corrected chi connectivity index (χ4v) is 2.38. The highest BCUT2D eigenvalue weighted by molar-refractivity contribution is 7.09. The van der Waals surface area contributed by atoms with Gasteiger partial charge in [0.25, 0.3) is 0 Å². The first-order valence-corrected chi connectivity index (χ1v) is 6.07. The minimum absolute atomic E-state index is 0.679. The minimum Gasteiger partial charge on any atom is -0.317 e. The molecule has 1 aromatic heterocycles. The summed E-state index contributed by atoms with van der Waals surface area (Å²) in [6.45, 7) is 5.27. The standard InChI is InChI=1S/C10H17N3S/c1-8-13-10(7-14-8)6-12-9-2-4-11-5-3-9/h7,9,11-12H,2-6H2,1H3. The third kappa shape index (κ3) is 2.77. The van der Waals surface area contributed by atoms with Gasteiger partial charge in [0.15, 0.2) is 0 Å². The number of thiazole rings is 1. The van der Waals surface area contributed by atoms with E-state index in [9.17, 15) is 0 Å². The second kappa shape index (κ2) is 4.87. The van der Waals surface area contributed by atoms with Crippen LogP contribution in [0.4, 0.5) is 0 Å². The van der Waals surface area contributed by atoms with Crippen molar-refractivity contribution in [3.63, 3.8) is 0 Å². The number of hydrogen-bond acceptors (Lipinski definition) is 4. The molecule has 1 aromatic rings. The van der Waals surface area contributed by atoms with E-state index in [1.807, 2.05) is 0 Å². The Bertz CT molecular complexity index is 279. The molecule has 1 aliphatic heterocycles. The maximum Gasteiger partial charge on any atom is 0.0897 e. The zero-order valence-corrected chi connectivity index (χ0v) is 9.36. The van der Waals surface area contributed by atoms with Crippen LogP contribution in [-0.2, 0) is 6.54 Å². The molecule has 0 saturated carbocycles. The highest BCUT2D eigenvalue weighted by Crippen LogP contribution is 2.09. The van der Waals surface area contributed by atoms with Crippen molar-refractivity contribution < 1.29 is 0 Å². The summed E-state index contributed by atoms with van der Waals surface area (Å²) in [6, 6.07) is 0.679. The van der Waals surface area contributed by atoms with Crippen molar-refractivity contribution in [2.24, 2.45) is 0 Å². The monoisotopic (exact) mass is 211 g/mol. The fraction of sp³-hybridized carbons (Fsp3) is 0.700. The van der Waals surface area contributed by atoms with Crippen molar-refractivity contribution in [3.8, 4) is 0 Å². The van der Waals surface area contributed by atoms with Gasteiger partial charge in [-0.15, -0.1) is 11.3 Å². The molecule has 3 nitrogen and oxygen atoms in total. The molecule has 14 heavy (non-hydrogen) atoms. The summed E-state index contributed by atoms with van der Waals surface area (Å²) < 4.78 is 0. The molecule has 2 heterocycles. The van der Waals surface area contributed by atoms with E-state index in [2.05, 4.69) is 27.9 Å². The van der Waals surface area contributed by atoms with Gasteiger partial charge < -0.3 is 10.6 Å². The molecule has 4 heteroatoms. The molecule has 0 spiro atoms. The first-order valence-electron chi connectivity index (χ1n) is 5.20. The molecular weight excluding hydrogens is 194 g/mol. The summed E-state index contributed by atoms with van der Waals surface area (Å²) in [6.07, 6.45) is 2.48. The van der Waals surface area contributed by atoms with Crippen molar-refractivity contribution in [2.45, 2.75) is 32.4 Å². The van der Waals surface area contributed by atoms with E-state index < -0.39 is 0 Å². The summed E-state index contributed by atoms with van der Waals surface area (Å²) in [4.78, 5) is 4.44. The molecule has 2 rings (SSSR count). The number of nitrogens with one attached hydrogen (secondary N) is 2. The Balaban J connectivity index is 1.76. The summed E-state index contributed by atoms with van der Waals surface area (Å²) in [5.74, 6) is 0. The molecule has 0 atom stereocenters. The minimum atomic E-state index is 0.679. The lowest BCUT2D eigenvalue weighted by Gasteiger charge is -2.23. The molecule has 2 N–H and O–H groups in total. The van der Waals surface area contributed by atoms with Crippen molar-refractivity contribution >= 4 is 11.3 Å². The van der Waals surface area contributed by atoms with Gasteiger partial charge in [0.1, 0.15) is 0 Å². The lowest BCUT2D eigenvalue weighted by molar-refractivity contribution is 0.385. The van der Waals surface area contributed by atoms with Crippen molar-refractivity contribution in [2.75, 3.05) is 13.1 Å². The fourth-order valence-electron chi connectivity index (χ4n) is 1.76. The Hall–Kier alpha value is -0.450. The second-order valence-corrected chi connectivity index (χ2v) is 4.83. The Morgan fingerprint density at radius 3 is 3.00 bits per heavy atom. The highest BCUT2D eigenvalue weighted by atomic mass is 32.1. The topological polar surface area (TPSA) is 37.0 Å². The van der Waals surface area contributed by atoms with Crippen LogP contribution in [0.15, 0.2) is 5.38 Å². The molecular formula is C10H17N3S. The molecule has 1 saturated heterocycles. The van der Waals surface area contributed by atoms with Crippen LogP contribution in [-0.4, -0.2) is 24.1 Å². The van der Waals surface area contributed by atoms with Crippen LogP contribution >= 0.6 is 11.3 Å². The second-order valence-electron chi connectivity index (χ2n) is 3.76. The molecule has 78 valence electrons. The third-order valence-electron chi connectivity index (χ3n) is 2.58. The van der Waals surface area contributed by atoms with Crippen molar-refractivity contribution in [1.82, 2.24) is 15.6 Å². The first kappa shape index (κ1) is 10.1. The van der Waals surface area contributed by atoms with Gasteiger partial charge in [-0.05, 0) is 32.9 Å². The largest absolute Gasteiger partial charge is 0.317 e. The van der Waals surface area contributed by atoms with Gasteiger partial charge in [-0.2, -0.15) is 0 Å². The molecule has 0 aromatic carbocycles. The maximum absolute atomic E-state index is 4.44. The van der Waals surface area contributed by atoms with Gasteiger partial charge >= 0.3 is 0 Å². The number of nitrogens with zero attached hydrogens (tertiary/aromatic N) is 1. The summed E-state index contributed by atoms with van der Waals surface area (Å²) in [7, 11) is 0. The molecule has 0 unspecified atom stereocenters. The zero-order valence-electron chi connectivity index (χ0n) is 8.55. The molecule has 0 bridgehead atoms. The van der Waals surface area contributed by atoms with Crippen LogP contribution < -0.4 is 10.6 Å². The van der Waals surface area contributed by atoms with Crippen LogP contribution in [0.25, 0.3) is 0 Å². The average molecular weight is 211 g/mol. The Kier molecular flexibility index (Phi) is 3.50. The van der Waals surface area contributed by atoms with E-state index in [1.165, 1.54) is 18.5 Å². The quantitative estimate of drug-likeness (QED) is 0.791. The number of rotatable bonds is 3. The lowest BCUT2D eigenvalue weighted by Crippen LogP contribution is -2.39. The van der Waals surface area contributed by atoms with Gasteiger partial charge in [-0.3, -0.25) is 0 Å². The Morgan fingerprint density at radius 1 is 1.57 bits per heavy atom. The maximum atomic E-state index is 4.44. The highest BCUT2D eigenvalue weighted by Gasteiger charge is 2.12. The van der Waals surface area contributed by atoms with Gasteiger partial charge in [0.05, 0.1) is 10.7 Å². The third-order valence-corrected chi connectivity index (χ3v) is 3.40. The molecule has 1 aliphatic rings. The van der Waals surface area contributed by atoms with E-state index in [0.717, 1.165) is 24.6 Å². The van der Waals surface area contributed by atoms with E-state index in [-0.39, 0.29) is 0 Å². The van der Waals surface area contributed by atoms with Crippen LogP contribution in [0.2, 0.25) is 0 Å². The zero-order chi connectivity index (χ0) is 9.80. The smallest absolute Gasteiger partial charge is 0.0897 e. The van der Waals surface area contributed by atoms with Crippen molar-refractivity contribution in [3.05, 3.63) is 16.1 Å². The SMILES string of the molecule is Cc1nc(CNC2CCNCC2)cs1. The number of hydrogen-bond donors (Lipinski definition) is 2. The predicted octanol–water partition coefficient (Wildman–Crippen LogP) is 1.29. The number of piperidine rings is 1. The van der Waals surface area contributed by atoms with E-state index >= 15 is 0 Å². The van der Waals surface area contributed by atoms with Crippen LogP contribution in [0.3, 0.4) is 0 Å². The van der Waals surface area contributed by atoms with E-state index in [4.69, 9.17) is 0 Å². The molecule has 0 radical (unpaired) electrons.